The van der Waals surface area contributed by atoms with Crippen LogP contribution in [0.25, 0.3) is 0 Å². The lowest BCUT2D eigenvalue weighted by Gasteiger charge is -2.19. The molecule has 0 fully saturated rings. The van der Waals surface area contributed by atoms with E-state index in [0.717, 1.165) is 22.6 Å². The van der Waals surface area contributed by atoms with Gasteiger partial charge in [0.25, 0.3) is 0 Å². The van der Waals surface area contributed by atoms with Crippen LogP contribution in [-0.4, -0.2) is 17.7 Å². The topological polar surface area (TPSA) is 69.7 Å². The number of nitrogens with one attached hydrogen (secondary N) is 1. The third-order valence-corrected chi connectivity index (χ3v) is 4.72. The summed E-state index contributed by atoms with van der Waals surface area (Å²) >= 11 is 0. The molecule has 0 saturated carbocycles. The largest absolute Gasteiger partial charge is 0.492 e. The highest BCUT2D eigenvalue weighted by molar-refractivity contribution is 5.86. The fourth-order valence-electron chi connectivity index (χ4n) is 3.27. The van der Waals surface area contributed by atoms with Gasteiger partial charge < -0.3 is 14.2 Å². The van der Waals surface area contributed by atoms with E-state index in [1.54, 1.807) is 36.4 Å². The van der Waals surface area contributed by atoms with Gasteiger partial charge in [0.2, 0.25) is 5.88 Å². The normalized spacial score (nSPS) is 13.9. The van der Waals surface area contributed by atoms with Crippen LogP contribution in [0, 0.1) is 6.92 Å². The molecule has 6 nitrogen and oxygen atoms in total. The molecule has 3 aromatic rings. The molecule has 6 heteroatoms. The van der Waals surface area contributed by atoms with Gasteiger partial charge in [-0.2, -0.15) is 0 Å². The number of hydrogen-bond acceptors (Lipinski definition) is 5. The molecular weight excluding hydrogens is 368 g/mol. The quantitative estimate of drug-likeness (QED) is 0.640. The van der Waals surface area contributed by atoms with Crippen molar-refractivity contribution in [3.05, 3.63) is 71.9 Å². The number of rotatable bonds is 4. The highest BCUT2D eigenvalue weighted by Crippen LogP contribution is 2.46. The lowest BCUT2D eigenvalue weighted by molar-refractivity contribution is 0.215. The molecule has 0 spiro atoms. The van der Waals surface area contributed by atoms with Crippen LogP contribution in [-0.2, 0) is 5.41 Å². The van der Waals surface area contributed by atoms with Gasteiger partial charge in [0, 0.05) is 17.0 Å². The maximum atomic E-state index is 12.0. The zero-order valence-electron chi connectivity index (χ0n) is 16.6. The van der Waals surface area contributed by atoms with Crippen LogP contribution < -0.4 is 19.5 Å². The molecule has 0 saturated heterocycles. The summed E-state index contributed by atoms with van der Waals surface area (Å²) in [5.41, 5.74) is 2.51. The Kier molecular flexibility index (Phi) is 4.84. The van der Waals surface area contributed by atoms with Gasteiger partial charge in [-0.05, 0) is 36.8 Å². The zero-order valence-corrected chi connectivity index (χ0v) is 16.6. The van der Waals surface area contributed by atoms with Gasteiger partial charge in [-0.15, -0.1) is 0 Å². The standard InChI is InChI=1S/C23H22N2O4/c1-15-9-11-18(20-21(15)27-14-23(20,2)3)29-19-12-10-16(13-24-19)25-22(26)28-17-7-5-4-6-8-17/h4-13H,14H2,1-3H3,(H,25,26). The van der Waals surface area contributed by atoms with E-state index in [4.69, 9.17) is 14.2 Å². The molecule has 29 heavy (non-hydrogen) atoms. The summed E-state index contributed by atoms with van der Waals surface area (Å²) in [5, 5.41) is 2.64. The van der Waals surface area contributed by atoms with Crippen molar-refractivity contribution >= 4 is 11.8 Å². The number of carbonyl (C=O) groups is 1. The predicted molar refractivity (Wildman–Crippen MR) is 110 cm³/mol. The number of benzene rings is 2. The second kappa shape index (κ2) is 7.47. The predicted octanol–water partition coefficient (Wildman–Crippen LogP) is 5.46. The summed E-state index contributed by atoms with van der Waals surface area (Å²) in [6.45, 7) is 6.90. The SMILES string of the molecule is Cc1ccc(Oc2ccc(NC(=O)Oc3ccccc3)cn2)c2c1OCC2(C)C. The van der Waals surface area contributed by atoms with Gasteiger partial charge >= 0.3 is 6.09 Å². The number of aryl methyl sites for hydroxylation is 1. The highest BCUT2D eigenvalue weighted by atomic mass is 16.6. The van der Waals surface area contributed by atoms with Crippen LogP contribution in [0.3, 0.4) is 0 Å². The van der Waals surface area contributed by atoms with E-state index in [-0.39, 0.29) is 5.41 Å². The average molecular weight is 390 g/mol. The minimum atomic E-state index is -0.582. The van der Waals surface area contributed by atoms with E-state index in [9.17, 15) is 4.79 Å². The van der Waals surface area contributed by atoms with Gasteiger partial charge in [0.15, 0.2) is 0 Å². The molecule has 0 unspecified atom stereocenters. The number of para-hydroxylation sites is 1. The molecule has 1 aromatic heterocycles. The van der Waals surface area contributed by atoms with E-state index in [1.165, 1.54) is 6.20 Å². The summed E-state index contributed by atoms with van der Waals surface area (Å²) in [4.78, 5) is 16.3. The smallest absolute Gasteiger partial charge is 0.417 e. The lowest BCUT2D eigenvalue weighted by atomic mass is 9.85. The Hall–Kier alpha value is -3.54. The molecule has 0 aliphatic carbocycles. The second-order valence-electron chi connectivity index (χ2n) is 7.57. The summed E-state index contributed by atoms with van der Waals surface area (Å²) in [6.07, 6.45) is 0.944. The first-order valence-corrected chi connectivity index (χ1v) is 9.37. The first-order chi connectivity index (χ1) is 13.9. The van der Waals surface area contributed by atoms with Crippen molar-refractivity contribution in [2.75, 3.05) is 11.9 Å². The Morgan fingerprint density at radius 2 is 1.90 bits per heavy atom. The second-order valence-corrected chi connectivity index (χ2v) is 7.57. The number of fused-ring (bicyclic) bond motifs is 1. The monoisotopic (exact) mass is 390 g/mol. The minimum Gasteiger partial charge on any atom is -0.492 e. The van der Waals surface area contributed by atoms with Crippen molar-refractivity contribution in [1.29, 1.82) is 0 Å². The number of carbonyl (C=O) groups excluding carboxylic acids is 1. The van der Waals surface area contributed by atoms with Gasteiger partial charge in [-0.1, -0.05) is 38.1 Å². The van der Waals surface area contributed by atoms with E-state index in [2.05, 4.69) is 24.1 Å². The number of hydrogen-bond donors (Lipinski definition) is 1. The number of nitrogens with zero attached hydrogens (tertiary/aromatic N) is 1. The van der Waals surface area contributed by atoms with Crippen molar-refractivity contribution in [2.24, 2.45) is 0 Å². The van der Waals surface area contributed by atoms with E-state index >= 15 is 0 Å². The third kappa shape index (κ3) is 4.01. The molecule has 2 aromatic carbocycles. The Morgan fingerprint density at radius 1 is 1.10 bits per heavy atom. The number of anilines is 1. The van der Waals surface area contributed by atoms with Crippen LogP contribution >= 0.6 is 0 Å². The van der Waals surface area contributed by atoms with Crippen LogP contribution in [0.15, 0.2) is 60.8 Å². The van der Waals surface area contributed by atoms with Crippen LogP contribution in [0.5, 0.6) is 23.1 Å². The fourth-order valence-corrected chi connectivity index (χ4v) is 3.27. The van der Waals surface area contributed by atoms with Crippen molar-refractivity contribution < 1.29 is 19.0 Å². The molecule has 0 atom stereocenters. The van der Waals surface area contributed by atoms with Crippen molar-refractivity contribution in [3.8, 4) is 23.1 Å². The maximum absolute atomic E-state index is 12.0. The molecule has 4 rings (SSSR count). The van der Waals surface area contributed by atoms with Crippen LogP contribution in [0.4, 0.5) is 10.5 Å². The third-order valence-electron chi connectivity index (χ3n) is 4.72. The molecular formula is C23H22N2O4. The Balaban J connectivity index is 1.46. The summed E-state index contributed by atoms with van der Waals surface area (Å²) in [6, 6.07) is 16.2. The summed E-state index contributed by atoms with van der Waals surface area (Å²) in [5.74, 6) is 2.51. The summed E-state index contributed by atoms with van der Waals surface area (Å²) < 4.78 is 17.1. The molecule has 148 valence electrons. The number of ether oxygens (including phenoxy) is 3. The van der Waals surface area contributed by atoms with E-state index in [0.29, 0.717) is 23.9 Å². The molecule has 1 amide bonds. The van der Waals surface area contributed by atoms with Crippen molar-refractivity contribution in [3.63, 3.8) is 0 Å². The Labute approximate surface area is 169 Å². The van der Waals surface area contributed by atoms with E-state index < -0.39 is 6.09 Å². The summed E-state index contributed by atoms with van der Waals surface area (Å²) in [7, 11) is 0. The van der Waals surface area contributed by atoms with Gasteiger partial charge in [0.1, 0.15) is 17.2 Å². The Morgan fingerprint density at radius 3 is 2.62 bits per heavy atom. The maximum Gasteiger partial charge on any atom is 0.417 e. The molecule has 2 heterocycles. The first kappa shape index (κ1) is 18.8. The molecule has 0 radical (unpaired) electrons. The lowest BCUT2D eigenvalue weighted by Crippen LogP contribution is -2.19. The van der Waals surface area contributed by atoms with Crippen molar-refractivity contribution in [1.82, 2.24) is 4.98 Å². The van der Waals surface area contributed by atoms with E-state index in [1.807, 2.05) is 25.1 Å². The number of aromatic nitrogens is 1. The van der Waals surface area contributed by atoms with Gasteiger partial charge in [-0.25, -0.2) is 9.78 Å². The highest BCUT2D eigenvalue weighted by Gasteiger charge is 2.36. The van der Waals surface area contributed by atoms with Gasteiger partial charge in [-0.3, -0.25) is 5.32 Å². The molecule has 1 aliphatic heterocycles. The average Bonchev–Trinajstić information content (AvgIpc) is 3.03. The van der Waals surface area contributed by atoms with Crippen LogP contribution in [0.2, 0.25) is 0 Å². The minimum absolute atomic E-state index is 0.140. The number of pyridine rings is 1. The van der Waals surface area contributed by atoms with Crippen molar-refractivity contribution in [2.45, 2.75) is 26.2 Å². The first-order valence-electron chi connectivity index (χ1n) is 9.37. The molecule has 1 N–H and O–H groups in total. The Bertz CT molecular complexity index is 1030. The zero-order chi connectivity index (χ0) is 20.4. The van der Waals surface area contributed by atoms with Gasteiger partial charge in [0.05, 0.1) is 18.5 Å². The van der Waals surface area contributed by atoms with Crippen LogP contribution in [0.1, 0.15) is 25.0 Å². The number of amides is 1. The molecule has 0 bridgehead atoms. The fraction of sp³-hybridized carbons (Fsp3) is 0.217. The molecule has 1 aliphatic rings.